The van der Waals surface area contributed by atoms with Gasteiger partial charge in [0.2, 0.25) is 0 Å². The van der Waals surface area contributed by atoms with Gasteiger partial charge in [0.25, 0.3) is 5.56 Å². The van der Waals surface area contributed by atoms with Crippen LogP contribution in [0, 0.1) is 0 Å². The number of halogens is 2. The SMILES string of the molecule is C=CCc1cc(/C=c2\sc3n(c2=O)[C@@H](c2ccc(OCC)c(OCC)c2)C(C(=O)OC)=CN=3)cc(OC)c1OCc1ccc(Cl)c(Cl)c1. The molecule has 48 heavy (non-hydrogen) atoms. The van der Waals surface area contributed by atoms with E-state index in [2.05, 4.69) is 11.6 Å². The Kier molecular flexibility index (Phi) is 11.3. The minimum Gasteiger partial charge on any atom is -0.493 e. The number of benzene rings is 3. The van der Waals surface area contributed by atoms with Crippen molar-refractivity contribution in [3.63, 3.8) is 0 Å². The van der Waals surface area contributed by atoms with Crippen LogP contribution in [0.5, 0.6) is 23.0 Å². The summed E-state index contributed by atoms with van der Waals surface area (Å²) >= 11 is 13.5. The molecular weight excluding hydrogens is 675 g/mol. The molecule has 4 aromatic rings. The molecule has 9 nitrogen and oxygen atoms in total. The van der Waals surface area contributed by atoms with E-state index in [1.165, 1.54) is 29.2 Å². The van der Waals surface area contributed by atoms with Crippen LogP contribution in [0.25, 0.3) is 6.08 Å². The highest BCUT2D eigenvalue weighted by Gasteiger charge is 2.31. The van der Waals surface area contributed by atoms with Crippen LogP contribution in [0.15, 0.2) is 82.7 Å². The van der Waals surface area contributed by atoms with Crippen molar-refractivity contribution < 1.29 is 28.5 Å². The van der Waals surface area contributed by atoms with Crippen molar-refractivity contribution in [2.45, 2.75) is 32.9 Å². The molecule has 0 saturated heterocycles. The molecule has 0 N–H and O–H groups in total. The van der Waals surface area contributed by atoms with Crippen molar-refractivity contribution in [2.75, 3.05) is 27.4 Å². The van der Waals surface area contributed by atoms with Crippen LogP contribution in [0.2, 0.25) is 10.0 Å². The monoisotopic (exact) mass is 708 g/mol. The van der Waals surface area contributed by atoms with Crippen LogP contribution in [0.4, 0.5) is 0 Å². The number of methoxy groups -OCH3 is 2. The summed E-state index contributed by atoms with van der Waals surface area (Å²) in [7, 11) is 2.85. The fraction of sp³-hybridized carbons (Fsp3) is 0.250. The maximum absolute atomic E-state index is 14.1. The van der Waals surface area contributed by atoms with E-state index in [9.17, 15) is 9.59 Å². The Morgan fingerprint density at radius 3 is 2.44 bits per heavy atom. The van der Waals surface area contributed by atoms with Gasteiger partial charge in [0.1, 0.15) is 6.61 Å². The van der Waals surface area contributed by atoms with Crippen molar-refractivity contribution >= 4 is 46.6 Å². The smallest absolute Gasteiger partial charge is 0.337 e. The van der Waals surface area contributed by atoms with E-state index in [1.807, 2.05) is 26.0 Å². The zero-order chi connectivity index (χ0) is 34.4. The molecular formula is C36H34Cl2N2O7S. The van der Waals surface area contributed by atoms with E-state index in [0.29, 0.717) is 73.1 Å². The number of allylic oxidation sites excluding steroid dienone is 1. The molecule has 250 valence electrons. The summed E-state index contributed by atoms with van der Waals surface area (Å²) in [5, 5.41) is 0.897. The predicted octanol–water partition coefficient (Wildman–Crippen LogP) is 6.44. The highest BCUT2D eigenvalue weighted by atomic mass is 35.5. The van der Waals surface area contributed by atoms with Crippen LogP contribution >= 0.6 is 34.5 Å². The summed E-state index contributed by atoms with van der Waals surface area (Å²) in [6, 6.07) is 13.6. The lowest BCUT2D eigenvalue weighted by molar-refractivity contribution is -0.136. The summed E-state index contributed by atoms with van der Waals surface area (Å²) < 4.78 is 30.5. The predicted molar refractivity (Wildman–Crippen MR) is 188 cm³/mol. The van der Waals surface area contributed by atoms with Crippen molar-refractivity contribution in [1.82, 2.24) is 4.57 Å². The maximum atomic E-state index is 14.1. The van der Waals surface area contributed by atoms with Gasteiger partial charge in [0, 0.05) is 11.8 Å². The van der Waals surface area contributed by atoms with Gasteiger partial charge >= 0.3 is 5.97 Å². The first-order valence-electron chi connectivity index (χ1n) is 15.1. The Labute approximate surface area is 291 Å². The van der Waals surface area contributed by atoms with Crippen molar-refractivity contribution in [3.8, 4) is 23.0 Å². The maximum Gasteiger partial charge on any atom is 0.337 e. The first-order chi connectivity index (χ1) is 23.2. The van der Waals surface area contributed by atoms with E-state index < -0.39 is 12.0 Å². The number of esters is 1. The van der Waals surface area contributed by atoms with Gasteiger partial charge in [-0.2, -0.15) is 0 Å². The average Bonchev–Trinajstić information content (AvgIpc) is 3.40. The molecule has 0 radical (unpaired) electrons. The van der Waals surface area contributed by atoms with Gasteiger partial charge in [-0.1, -0.05) is 52.7 Å². The van der Waals surface area contributed by atoms with E-state index in [-0.39, 0.29) is 17.7 Å². The molecule has 0 unspecified atom stereocenters. The number of fused-ring (bicyclic) bond motifs is 1. The summed E-state index contributed by atoms with van der Waals surface area (Å²) in [6.07, 6.45) is 5.47. The van der Waals surface area contributed by atoms with Crippen LogP contribution < -0.4 is 33.8 Å². The molecule has 12 heteroatoms. The van der Waals surface area contributed by atoms with Gasteiger partial charge in [-0.25, -0.2) is 9.79 Å². The number of rotatable bonds is 13. The molecule has 3 aromatic carbocycles. The van der Waals surface area contributed by atoms with Crippen molar-refractivity contribution in [1.29, 1.82) is 0 Å². The van der Waals surface area contributed by atoms with Crippen molar-refractivity contribution in [2.24, 2.45) is 4.99 Å². The molecule has 0 bridgehead atoms. The highest BCUT2D eigenvalue weighted by Crippen LogP contribution is 2.36. The first kappa shape index (κ1) is 34.8. The van der Waals surface area contributed by atoms with Crippen LogP contribution in [0.1, 0.15) is 42.1 Å². The molecule has 0 amide bonds. The normalized spacial score (nSPS) is 14.0. The summed E-state index contributed by atoms with van der Waals surface area (Å²) in [6.45, 7) is 8.74. The van der Waals surface area contributed by atoms with Gasteiger partial charge in [-0.3, -0.25) is 9.36 Å². The Morgan fingerprint density at radius 1 is 0.979 bits per heavy atom. The lowest BCUT2D eigenvalue weighted by Crippen LogP contribution is -2.39. The molecule has 0 aliphatic carbocycles. The van der Waals surface area contributed by atoms with Gasteiger partial charge in [-0.05, 0) is 79.4 Å². The Bertz CT molecular complexity index is 2070. The average molecular weight is 710 g/mol. The second-order valence-electron chi connectivity index (χ2n) is 10.5. The lowest BCUT2D eigenvalue weighted by atomic mass is 9.97. The minimum absolute atomic E-state index is 0.210. The third-order valence-electron chi connectivity index (χ3n) is 7.41. The number of carbonyl (C=O) groups excluding carboxylic acids is 1. The number of hydrogen-bond donors (Lipinski definition) is 0. The number of aromatic nitrogens is 1. The molecule has 1 aliphatic heterocycles. The molecule has 2 heterocycles. The summed E-state index contributed by atoms with van der Waals surface area (Å²) in [4.78, 5) is 32.0. The van der Waals surface area contributed by atoms with Gasteiger partial charge in [-0.15, -0.1) is 6.58 Å². The molecule has 1 aromatic heterocycles. The summed E-state index contributed by atoms with van der Waals surface area (Å²) in [5.41, 5.74) is 2.88. The zero-order valence-electron chi connectivity index (χ0n) is 26.9. The molecule has 1 aliphatic rings. The third kappa shape index (κ3) is 7.31. The molecule has 5 rings (SSSR count). The Hall–Kier alpha value is -4.51. The van der Waals surface area contributed by atoms with Gasteiger partial charge < -0.3 is 23.7 Å². The van der Waals surface area contributed by atoms with Gasteiger partial charge in [0.15, 0.2) is 27.8 Å². The van der Waals surface area contributed by atoms with E-state index in [1.54, 1.807) is 55.7 Å². The molecule has 1 atom stereocenters. The number of nitrogens with zero attached hydrogens (tertiary/aromatic N) is 2. The van der Waals surface area contributed by atoms with Crippen molar-refractivity contribution in [3.05, 3.63) is 125 Å². The topological polar surface area (TPSA) is 97.6 Å². The zero-order valence-corrected chi connectivity index (χ0v) is 29.2. The van der Waals surface area contributed by atoms with E-state index in [0.717, 1.165) is 11.1 Å². The first-order valence-corrected chi connectivity index (χ1v) is 16.7. The van der Waals surface area contributed by atoms with Gasteiger partial charge in [0.05, 0.1) is 53.6 Å². The molecule has 0 saturated carbocycles. The van der Waals surface area contributed by atoms with Crippen LogP contribution in [-0.4, -0.2) is 38.0 Å². The quantitative estimate of drug-likeness (QED) is 0.117. The van der Waals surface area contributed by atoms with Crippen LogP contribution in [0.3, 0.4) is 0 Å². The molecule has 0 fully saturated rings. The Balaban J connectivity index is 1.59. The lowest BCUT2D eigenvalue weighted by Gasteiger charge is -2.23. The third-order valence-corrected chi connectivity index (χ3v) is 9.15. The fourth-order valence-corrected chi connectivity index (χ4v) is 6.60. The number of thiazole rings is 1. The number of ether oxygens (including phenoxy) is 5. The largest absolute Gasteiger partial charge is 0.493 e. The second kappa shape index (κ2) is 15.6. The molecule has 0 spiro atoms. The number of hydrogen-bond acceptors (Lipinski definition) is 9. The Morgan fingerprint density at radius 2 is 1.75 bits per heavy atom. The summed E-state index contributed by atoms with van der Waals surface area (Å²) in [5.74, 6) is 1.50. The van der Waals surface area contributed by atoms with Crippen LogP contribution in [-0.2, 0) is 22.6 Å². The highest BCUT2D eigenvalue weighted by molar-refractivity contribution is 7.07. The number of carbonyl (C=O) groups is 1. The second-order valence-corrected chi connectivity index (χ2v) is 12.3. The fourth-order valence-electron chi connectivity index (χ4n) is 5.31. The minimum atomic E-state index is -0.811. The van der Waals surface area contributed by atoms with E-state index >= 15 is 0 Å². The standard InChI is InChI=1S/C36H34Cl2N2O7S/c1-6-9-24-14-22(16-30(43-4)33(24)47-20-21-10-12-26(37)27(38)15-21)17-31-34(41)40-32(25(35(42)44-5)19-39-36(40)48-31)23-11-13-28(45-7-2)29(18-23)46-8-3/h6,10-19,32H,1,7-9,20H2,2-5H3/b31-17-/t32-/m0/s1. The van der Waals surface area contributed by atoms with E-state index in [4.69, 9.17) is 46.9 Å².